The molecule has 0 fully saturated rings. The van der Waals surface area contributed by atoms with Gasteiger partial charge in [0.1, 0.15) is 12.1 Å². The molecule has 0 radical (unpaired) electrons. The van der Waals surface area contributed by atoms with Crippen LogP contribution in [0, 0.1) is 0 Å². The van der Waals surface area contributed by atoms with Crippen molar-refractivity contribution in [3.63, 3.8) is 0 Å². The van der Waals surface area contributed by atoms with Gasteiger partial charge in [-0.1, -0.05) is 25.5 Å². The summed E-state index contributed by atoms with van der Waals surface area (Å²) in [4.78, 5) is 8.43. The number of nitrogens with two attached hydrogens (primary N) is 1. The Morgan fingerprint density at radius 2 is 2.11 bits per heavy atom. The molecule has 0 amide bonds. The van der Waals surface area contributed by atoms with Crippen molar-refractivity contribution in [3.8, 4) is 0 Å². The molecule has 0 atom stereocenters. The average molecular weight is 242 g/mol. The first-order valence-electron chi connectivity index (χ1n) is 6.17. The molecule has 0 saturated heterocycles. The minimum Gasteiger partial charge on any atom is -0.399 e. The van der Waals surface area contributed by atoms with E-state index in [4.69, 9.17) is 5.73 Å². The van der Waals surface area contributed by atoms with E-state index in [0.717, 1.165) is 35.6 Å². The van der Waals surface area contributed by atoms with Crippen LogP contribution in [0.4, 0.5) is 11.5 Å². The smallest absolute Gasteiger partial charge is 0.129 e. The second-order valence-corrected chi connectivity index (χ2v) is 4.24. The van der Waals surface area contributed by atoms with E-state index in [1.165, 1.54) is 0 Å². The topological polar surface area (TPSA) is 63.8 Å². The normalized spacial score (nSPS) is 10.3. The fourth-order valence-corrected chi connectivity index (χ4v) is 1.78. The number of aromatic nitrogens is 2. The highest BCUT2D eigenvalue weighted by Gasteiger charge is 1.99. The SMILES string of the molecule is CCCc1cc(NCc2cccc(N)c2)ncn1. The van der Waals surface area contributed by atoms with Crippen LogP contribution in [0.1, 0.15) is 24.6 Å². The maximum atomic E-state index is 5.74. The molecule has 0 spiro atoms. The lowest BCUT2D eigenvalue weighted by Gasteiger charge is -2.07. The molecule has 2 rings (SSSR count). The van der Waals surface area contributed by atoms with E-state index < -0.39 is 0 Å². The van der Waals surface area contributed by atoms with Crippen molar-refractivity contribution in [3.05, 3.63) is 47.9 Å². The Hall–Kier alpha value is -2.10. The van der Waals surface area contributed by atoms with Crippen molar-refractivity contribution in [2.75, 3.05) is 11.1 Å². The maximum absolute atomic E-state index is 5.74. The largest absolute Gasteiger partial charge is 0.399 e. The maximum Gasteiger partial charge on any atom is 0.129 e. The van der Waals surface area contributed by atoms with Gasteiger partial charge in [0.2, 0.25) is 0 Å². The molecule has 94 valence electrons. The monoisotopic (exact) mass is 242 g/mol. The van der Waals surface area contributed by atoms with Crippen LogP contribution in [0.15, 0.2) is 36.7 Å². The van der Waals surface area contributed by atoms with Crippen LogP contribution in [0.25, 0.3) is 0 Å². The Bertz CT molecular complexity index is 511. The van der Waals surface area contributed by atoms with Crippen LogP contribution in [-0.2, 0) is 13.0 Å². The van der Waals surface area contributed by atoms with E-state index in [1.54, 1.807) is 6.33 Å². The predicted octanol–water partition coefficient (Wildman–Crippen LogP) is 2.62. The number of benzene rings is 1. The molecular formula is C14H18N4. The molecule has 0 aliphatic rings. The van der Waals surface area contributed by atoms with Crippen LogP contribution in [0.2, 0.25) is 0 Å². The van der Waals surface area contributed by atoms with E-state index >= 15 is 0 Å². The van der Waals surface area contributed by atoms with E-state index in [9.17, 15) is 0 Å². The van der Waals surface area contributed by atoms with Crippen LogP contribution >= 0.6 is 0 Å². The van der Waals surface area contributed by atoms with E-state index in [0.29, 0.717) is 6.54 Å². The zero-order chi connectivity index (χ0) is 12.8. The average Bonchev–Trinajstić information content (AvgIpc) is 2.37. The molecule has 0 saturated carbocycles. The van der Waals surface area contributed by atoms with Gasteiger partial charge in [0.05, 0.1) is 0 Å². The summed E-state index contributed by atoms with van der Waals surface area (Å²) in [6, 6.07) is 9.83. The Morgan fingerprint density at radius 3 is 2.89 bits per heavy atom. The minimum atomic E-state index is 0.716. The molecule has 1 aromatic carbocycles. The van der Waals surface area contributed by atoms with Crippen LogP contribution in [0.5, 0.6) is 0 Å². The minimum absolute atomic E-state index is 0.716. The fourth-order valence-electron chi connectivity index (χ4n) is 1.78. The van der Waals surface area contributed by atoms with Crippen LogP contribution < -0.4 is 11.1 Å². The molecule has 18 heavy (non-hydrogen) atoms. The zero-order valence-corrected chi connectivity index (χ0v) is 10.6. The fraction of sp³-hybridized carbons (Fsp3) is 0.286. The number of rotatable bonds is 5. The summed E-state index contributed by atoms with van der Waals surface area (Å²) >= 11 is 0. The number of hydrogen-bond donors (Lipinski definition) is 2. The highest BCUT2D eigenvalue weighted by Crippen LogP contribution is 2.10. The molecule has 0 bridgehead atoms. The van der Waals surface area contributed by atoms with Gasteiger partial charge in [-0.15, -0.1) is 0 Å². The number of hydrogen-bond acceptors (Lipinski definition) is 4. The third-order valence-corrected chi connectivity index (χ3v) is 2.65. The van der Waals surface area contributed by atoms with E-state index in [2.05, 4.69) is 22.2 Å². The summed E-state index contributed by atoms with van der Waals surface area (Å²) < 4.78 is 0. The molecule has 4 heteroatoms. The van der Waals surface area contributed by atoms with Crippen molar-refractivity contribution in [1.29, 1.82) is 0 Å². The first-order valence-corrected chi connectivity index (χ1v) is 6.17. The molecule has 3 N–H and O–H groups in total. The third-order valence-electron chi connectivity index (χ3n) is 2.65. The van der Waals surface area contributed by atoms with Crippen LogP contribution in [0.3, 0.4) is 0 Å². The van der Waals surface area contributed by atoms with Crippen molar-refractivity contribution >= 4 is 11.5 Å². The van der Waals surface area contributed by atoms with Gasteiger partial charge in [-0.25, -0.2) is 9.97 Å². The van der Waals surface area contributed by atoms with Gasteiger partial charge in [0.15, 0.2) is 0 Å². The zero-order valence-electron chi connectivity index (χ0n) is 10.6. The summed E-state index contributed by atoms with van der Waals surface area (Å²) in [5.74, 6) is 0.857. The first-order chi connectivity index (χ1) is 8.78. The summed E-state index contributed by atoms with van der Waals surface area (Å²) in [5, 5.41) is 3.28. The van der Waals surface area contributed by atoms with Crippen molar-refractivity contribution in [1.82, 2.24) is 9.97 Å². The van der Waals surface area contributed by atoms with Gasteiger partial charge in [-0.2, -0.15) is 0 Å². The number of nitrogens with one attached hydrogen (secondary N) is 1. The number of nitrogen functional groups attached to an aromatic ring is 1. The molecule has 0 aliphatic heterocycles. The van der Waals surface area contributed by atoms with Crippen LogP contribution in [-0.4, -0.2) is 9.97 Å². The van der Waals surface area contributed by atoms with Crippen molar-refractivity contribution in [2.24, 2.45) is 0 Å². The summed E-state index contributed by atoms with van der Waals surface area (Å²) in [7, 11) is 0. The molecule has 1 aromatic heterocycles. The highest BCUT2D eigenvalue weighted by molar-refractivity contribution is 5.42. The molecular weight excluding hydrogens is 224 g/mol. The summed E-state index contributed by atoms with van der Waals surface area (Å²) in [5.41, 5.74) is 8.73. The Labute approximate surface area is 107 Å². The lowest BCUT2D eigenvalue weighted by Crippen LogP contribution is -2.03. The van der Waals surface area contributed by atoms with Gasteiger partial charge in [0, 0.05) is 24.0 Å². The second-order valence-electron chi connectivity index (χ2n) is 4.24. The van der Waals surface area contributed by atoms with Gasteiger partial charge in [0.25, 0.3) is 0 Å². The number of nitrogens with zero attached hydrogens (tertiary/aromatic N) is 2. The number of anilines is 2. The molecule has 2 aromatic rings. The van der Waals surface area contributed by atoms with Gasteiger partial charge >= 0.3 is 0 Å². The van der Waals surface area contributed by atoms with E-state index in [1.807, 2.05) is 30.3 Å². The lowest BCUT2D eigenvalue weighted by atomic mass is 10.2. The Kier molecular flexibility index (Phi) is 4.12. The molecule has 0 aliphatic carbocycles. The lowest BCUT2D eigenvalue weighted by molar-refractivity contribution is 0.871. The van der Waals surface area contributed by atoms with Crippen molar-refractivity contribution < 1.29 is 0 Å². The summed E-state index contributed by atoms with van der Waals surface area (Å²) in [6.45, 7) is 2.86. The second kappa shape index (κ2) is 6.00. The molecule has 1 heterocycles. The van der Waals surface area contributed by atoms with E-state index in [-0.39, 0.29) is 0 Å². The predicted molar refractivity (Wildman–Crippen MR) is 74.2 cm³/mol. The third kappa shape index (κ3) is 3.45. The highest BCUT2D eigenvalue weighted by atomic mass is 15.0. The molecule has 0 unspecified atom stereocenters. The number of aryl methyl sites for hydroxylation is 1. The van der Waals surface area contributed by atoms with Gasteiger partial charge in [-0.3, -0.25) is 0 Å². The van der Waals surface area contributed by atoms with Crippen molar-refractivity contribution in [2.45, 2.75) is 26.3 Å². The van der Waals surface area contributed by atoms with Gasteiger partial charge < -0.3 is 11.1 Å². The standard InChI is InChI=1S/C14H18N4/c1-2-4-13-8-14(18-10-17-13)16-9-11-5-3-6-12(15)7-11/h3,5-8,10H,2,4,9,15H2,1H3,(H,16,17,18). The first kappa shape index (κ1) is 12.4. The molecule has 4 nitrogen and oxygen atoms in total. The Morgan fingerprint density at radius 1 is 1.22 bits per heavy atom. The quantitative estimate of drug-likeness (QED) is 0.791. The van der Waals surface area contributed by atoms with Gasteiger partial charge in [-0.05, 0) is 24.1 Å². The Balaban J connectivity index is 1.99. The summed E-state index contributed by atoms with van der Waals surface area (Å²) in [6.07, 6.45) is 3.67.